The van der Waals surface area contributed by atoms with Gasteiger partial charge in [-0.25, -0.2) is 9.59 Å². The minimum absolute atomic E-state index is 0.368. The molecule has 0 aliphatic carbocycles. The van der Waals surface area contributed by atoms with Crippen molar-refractivity contribution >= 4 is 11.9 Å². The van der Waals surface area contributed by atoms with Crippen LogP contribution < -0.4 is 10.6 Å². The monoisotopic (exact) mass is 400 g/mol. The van der Waals surface area contributed by atoms with Gasteiger partial charge in [-0.2, -0.15) is 0 Å². The summed E-state index contributed by atoms with van der Waals surface area (Å²) in [6, 6.07) is 9.51. The molecule has 1 unspecified atom stereocenters. The quantitative estimate of drug-likeness (QED) is 0.463. The summed E-state index contributed by atoms with van der Waals surface area (Å²) in [5.41, 5.74) is 3.13. The largest absolute Gasteiger partial charge is 0.466 e. The fourth-order valence-corrected chi connectivity index (χ4v) is 3.62. The highest BCUT2D eigenvalue weighted by Gasteiger charge is 2.37. The molecule has 1 aromatic rings. The van der Waals surface area contributed by atoms with E-state index < -0.39 is 17.9 Å². The van der Waals surface area contributed by atoms with Crippen molar-refractivity contribution in [3.8, 4) is 0 Å². The third-order valence-corrected chi connectivity index (χ3v) is 5.07. The van der Waals surface area contributed by atoms with Crippen molar-refractivity contribution in [2.45, 2.75) is 45.4 Å². The standard InChI is InChI=1S/C23H32N2O4/c1-16-19(22(26)28-4)21(18-12-8-7-9-13-18)20(17(2)25-16)23(27)29-15-11-6-5-10-14-24-3/h7-9,12-13,21,24-25H,5-6,10-11,14-15H2,1-4H3. The van der Waals surface area contributed by atoms with Crippen LogP contribution in [0.2, 0.25) is 0 Å². The van der Waals surface area contributed by atoms with Gasteiger partial charge in [-0.3, -0.25) is 0 Å². The van der Waals surface area contributed by atoms with Gasteiger partial charge in [0.15, 0.2) is 0 Å². The van der Waals surface area contributed by atoms with Gasteiger partial charge >= 0.3 is 11.9 Å². The van der Waals surface area contributed by atoms with E-state index >= 15 is 0 Å². The minimum Gasteiger partial charge on any atom is -0.466 e. The Hall–Kier alpha value is -2.60. The molecule has 29 heavy (non-hydrogen) atoms. The number of allylic oxidation sites excluding steroid dienone is 2. The maximum atomic E-state index is 13.0. The summed E-state index contributed by atoms with van der Waals surface area (Å²) in [5.74, 6) is -1.37. The number of unbranched alkanes of at least 4 members (excludes halogenated alkanes) is 3. The number of hydrogen-bond acceptors (Lipinski definition) is 6. The number of esters is 2. The number of nitrogens with one attached hydrogen (secondary N) is 2. The Labute approximate surface area is 173 Å². The van der Waals surface area contributed by atoms with Crippen molar-refractivity contribution in [1.82, 2.24) is 10.6 Å². The number of hydrogen-bond donors (Lipinski definition) is 2. The Morgan fingerprint density at radius 1 is 0.966 bits per heavy atom. The van der Waals surface area contributed by atoms with Gasteiger partial charge in [0.2, 0.25) is 0 Å². The molecule has 0 spiro atoms. The van der Waals surface area contributed by atoms with Gasteiger partial charge in [0, 0.05) is 11.4 Å². The van der Waals surface area contributed by atoms with E-state index in [1.807, 2.05) is 51.2 Å². The second-order valence-corrected chi connectivity index (χ2v) is 7.19. The van der Waals surface area contributed by atoms with Gasteiger partial charge in [-0.05, 0) is 45.8 Å². The maximum absolute atomic E-state index is 13.0. The van der Waals surface area contributed by atoms with Crippen LogP contribution in [-0.4, -0.2) is 39.2 Å². The molecule has 0 radical (unpaired) electrons. The molecule has 1 aromatic carbocycles. The lowest BCUT2D eigenvalue weighted by atomic mass is 9.80. The molecule has 6 nitrogen and oxygen atoms in total. The third-order valence-electron chi connectivity index (χ3n) is 5.07. The summed E-state index contributed by atoms with van der Waals surface area (Å²) >= 11 is 0. The fraction of sp³-hybridized carbons (Fsp3) is 0.478. The third kappa shape index (κ3) is 5.94. The van der Waals surface area contributed by atoms with E-state index in [4.69, 9.17) is 9.47 Å². The van der Waals surface area contributed by atoms with Gasteiger partial charge in [0.1, 0.15) is 0 Å². The zero-order valence-electron chi connectivity index (χ0n) is 17.8. The van der Waals surface area contributed by atoms with E-state index in [1.54, 1.807) is 0 Å². The van der Waals surface area contributed by atoms with Crippen molar-refractivity contribution in [2.24, 2.45) is 0 Å². The van der Waals surface area contributed by atoms with Crippen LogP contribution in [0.15, 0.2) is 52.9 Å². The summed E-state index contributed by atoms with van der Waals surface area (Å²) < 4.78 is 10.6. The normalized spacial score (nSPS) is 16.5. The van der Waals surface area contributed by atoms with E-state index in [9.17, 15) is 9.59 Å². The predicted octanol–water partition coefficient (Wildman–Crippen LogP) is 3.42. The molecule has 0 bridgehead atoms. The van der Waals surface area contributed by atoms with Crippen molar-refractivity contribution in [3.63, 3.8) is 0 Å². The Balaban J connectivity index is 2.18. The Morgan fingerprint density at radius 3 is 2.21 bits per heavy atom. The Kier molecular flexibility index (Phi) is 8.93. The number of carbonyl (C=O) groups is 2. The number of rotatable bonds is 10. The summed E-state index contributed by atoms with van der Waals surface area (Å²) in [5, 5.41) is 6.28. The van der Waals surface area contributed by atoms with Crippen molar-refractivity contribution in [1.29, 1.82) is 0 Å². The first-order valence-electron chi connectivity index (χ1n) is 10.1. The average molecular weight is 401 g/mol. The molecule has 2 N–H and O–H groups in total. The van der Waals surface area contributed by atoms with Crippen LogP contribution in [0.3, 0.4) is 0 Å². The summed E-state index contributed by atoms with van der Waals surface area (Å²) in [6.07, 6.45) is 4.05. The van der Waals surface area contributed by atoms with Gasteiger partial charge in [-0.1, -0.05) is 43.2 Å². The van der Waals surface area contributed by atoms with E-state index in [2.05, 4.69) is 10.6 Å². The second-order valence-electron chi connectivity index (χ2n) is 7.19. The van der Waals surface area contributed by atoms with Crippen LogP contribution in [0, 0.1) is 0 Å². The molecule has 1 atom stereocenters. The first kappa shape index (κ1) is 22.7. The van der Waals surface area contributed by atoms with E-state index in [0.29, 0.717) is 29.1 Å². The molecular weight excluding hydrogens is 368 g/mol. The zero-order chi connectivity index (χ0) is 21.2. The first-order valence-corrected chi connectivity index (χ1v) is 10.1. The SMILES string of the molecule is CNCCCCCCOC(=O)C1=C(C)NC(C)=C(C(=O)OC)C1c1ccccc1. The fourth-order valence-electron chi connectivity index (χ4n) is 3.62. The zero-order valence-corrected chi connectivity index (χ0v) is 17.8. The molecule has 0 saturated heterocycles. The van der Waals surface area contributed by atoms with Crippen LogP contribution in [-0.2, 0) is 19.1 Å². The predicted molar refractivity (Wildman–Crippen MR) is 113 cm³/mol. The van der Waals surface area contributed by atoms with Crippen LogP contribution in [0.5, 0.6) is 0 Å². The number of methoxy groups -OCH3 is 1. The lowest BCUT2D eigenvalue weighted by molar-refractivity contribution is -0.139. The van der Waals surface area contributed by atoms with Crippen molar-refractivity contribution in [2.75, 3.05) is 27.3 Å². The molecule has 158 valence electrons. The molecule has 6 heteroatoms. The summed E-state index contributed by atoms with van der Waals surface area (Å²) in [4.78, 5) is 25.5. The van der Waals surface area contributed by atoms with E-state index in [0.717, 1.165) is 37.8 Å². The van der Waals surface area contributed by atoms with Crippen molar-refractivity contribution in [3.05, 3.63) is 58.4 Å². The summed E-state index contributed by atoms with van der Waals surface area (Å²) in [6.45, 7) is 5.02. The Bertz CT molecular complexity index is 768. The molecule has 2 rings (SSSR count). The molecule has 1 heterocycles. The maximum Gasteiger partial charge on any atom is 0.336 e. The van der Waals surface area contributed by atoms with Crippen LogP contribution in [0.1, 0.15) is 51.0 Å². The average Bonchev–Trinajstić information content (AvgIpc) is 2.72. The number of carbonyl (C=O) groups excluding carboxylic acids is 2. The first-order chi connectivity index (χ1) is 14.0. The van der Waals surface area contributed by atoms with Crippen molar-refractivity contribution < 1.29 is 19.1 Å². The van der Waals surface area contributed by atoms with Crippen LogP contribution >= 0.6 is 0 Å². The topological polar surface area (TPSA) is 76.7 Å². The van der Waals surface area contributed by atoms with E-state index in [1.165, 1.54) is 7.11 Å². The summed E-state index contributed by atoms with van der Waals surface area (Å²) in [7, 11) is 3.29. The van der Waals surface area contributed by atoms with Crippen LogP contribution in [0.4, 0.5) is 0 Å². The highest BCUT2D eigenvalue weighted by atomic mass is 16.5. The lowest BCUT2D eigenvalue weighted by Gasteiger charge is -2.30. The molecule has 0 fully saturated rings. The van der Waals surface area contributed by atoms with Gasteiger partial charge in [0.05, 0.1) is 30.8 Å². The molecule has 0 amide bonds. The molecule has 0 aromatic heterocycles. The van der Waals surface area contributed by atoms with Crippen LogP contribution in [0.25, 0.3) is 0 Å². The Morgan fingerprint density at radius 2 is 1.59 bits per heavy atom. The smallest absolute Gasteiger partial charge is 0.336 e. The molecule has 0 saturated carbocycles. The van der Waals surface area contributed by atoms with Gasteiger partial charge in [0.25, 0.3) is 0 Å². The highest BCUT2D eigenvalue weighted by Crippen LogP contribution is 2.39. The number of benzene rings is 1. The highest BCUT2D eigenvalue weighted by molar-refractivity contribution is 5.99. The van der Waals surface area contributed by atoms with Gasteiger partial charge in [-0.15, -0.1) is 0 Å². The molecule has 1 aliphatic heterocycles. The van der Waals surface area contributed by atoms with Gasteiger partial charge < -0.3 is 20.1 Å². The molecular formula is C23H32N2O4. The number of ether oxygens (including phenoxy) is 2. The van der Waals surface area contributed by atoms with E-state index in [-0.39, 0.29) is 0 Å². The lowest BCUT2D eigenvalue weighted by Crippen LogP contribution is -2.32. The molecule has 1 aliphatic rings. The second kappa shape index (κ2) is 11.4. The number of dihydropyridines is 1. The minimum atomic E-state index is -0.520.